The lowest BCUT2D eigenvalue weighted by atomic mass is 10.1. The summed E-state index contributed by atoms with van der Waals surface area (Å²) in [5.74, 6) is 0.0517. The van der Waals surface area contributed by atoms with Crippen molar-refractivity contribution in [3.05, 3.63) is 52.2 Å². The molecule has 2 amide bonds. The second-order valence-corrected chi connectivity index (χ2v) is 7.51. The molecule has 0 saturated carbocycles. The molecule has 1 unspecified atom stereocenters. The molecule has 0 aliphatic carbocycles. The largest absolute Gasteiger partial charge is 0.383 e. The number of aliphatic hydroxyl groups is 1. The van der Waals surface area contributed by atoms with Crippen LogP contribution >= 0.6 is 11.3 Å². The van der Waals surface area contributed by atoms with Crippen LogP contribution in [0.15, 0.2) is 41.8 Å². The first-order valence-corrected chi connectivity index (χ1v) is 9.90. The van der Waals surface area contributed by atoms with Crippen LogP contribution in [0.2, 0.25) is 0 Å². The predicted octanol–water partition coefficient (Wildman–Crippen LogP) is 3.56. The fourth-order valence-electron chi connectivity index (χ4n) is 3.09. The number of nitrogens with one attached hydrogen (secondary N) is 1. The van der Waals surface area contributed by atoms with Crippen molar-refractivity contribution in [2.24, 2.45) is 0 Å². The van der Waals surface area contributed by atoms with Crippen molar-refractivity contribution in [1.29, 1.82) is 0 Å². The quantitative estimate of drug-likeness (QED) is 0.814. The highest BCUT2D eigenvalue weighted by molar-refractivity contribution is 7.10. The molecule has 1 aromatic heterocycles. The summed E-state index contributed by atoms with van der Waals surface area (Å²) in [6.07, 6.45) is 3.29. The molecular formula is C20H24N2O3S. The molecule has 1 fully saturated rings. The molecule has 1 aromatic carbocycles. The van der Waals surface area contributed by atoms with Crippen LogP contribution in [0.5, 0.6) is 0 Å². The Morgan fingerprint density at radius 1 is 1.19 bits per heavy atom. The number of hydrogen-bond donors (Lipinski definition) is 2. The number of thiophene rings is 1. The molecule has 1 aliphatic heterocycles. The summed E-state index contributed by atoms with van der Waals surface area (Å²) in [4.78, 5) is 26.8. The second-order valence-electron chi connectivity index (χ2n) is 6.53. The van der Waals surface area contributed by atoms with Gasteiger partial charge in [-0.25, -0.2) is 0 Å². The molecule has 2 aromatic rings. The Morgan fingerprint density at radius 2 is 2.00 bits per heavy atom. The summed E-state index contributed by atoms with van der Waals surface area (Å²) in [7, 11) is 0. The Morgan fingerprint density at radius 3 is 2.73 bits per heavy atom. The van der Waals surface area contributed by atoms with Gasteiger partial charge < -0.3 is 15.3 Å². The smallest absolute Gasteiger partial charge is 0.226 e. The van der Waals surface area contributed by atoms with Crippen LogP contribution in [-0.2, 0) is 9.59 Å². The molecule has 5 nitrogen and oxygen atoms in total. The van der Waals surface area contributed by atoms with Gasteiger partial charge in [-0.15, -0.1) is 11.3 Å². The number of aliphatic hydroxyl groups excluding tert-OH is 1. The number of nitrogens with zero attached hydrogens (tertiary/aromatic N) is 1. The first kappa shape index (κ1) is 18.6. The number of benzene rings is 1. The standard InChI is InChI=1S/C20H24N2O3S/c23-18(11-13-22-12-3-1-2-6-19(22)24)21-16-9-7-15(8-10-16)20(25)17-5-4-14-26-17/h4-5,7-10,14,20,25H,1-3,6,11-13H2,(H,21,23). The lowest BCUT2D eigenvalue weighted by Crippen LogP contribution is -2.33. The van der Waals surface area contributed by atoms with Crippen molar-refractivity contribution in [3.8, 4) is 0 Å². The third-order valence-electron chi connectivity index (χ3n) is 4.60. The van der Waals surface area contributed by atoms with Crippen LogP contribution in [0.3, 0.4) is 0 Å². The van der Waals surface area contributed by atoms with Crippen LogP contribution in [0.4, 0.5) is 5.69 Å². The molecule has 0 spiro atoms. The van der Waals surface area contributed by atoms with Crippen molar-refractivity contribution in [2.75, 3.05) is 18.4 Å². The van der Waals surface area contributed by atoms with E-state index < -0.39 is 6.10 Å². The van der Waals surface area contributed by atoms with Gasteiger partial charge in [-0.05, 0) is 42.0 Å². The highest BCUT2D eigenvalue weighted by Gasteiger charge is 2.17. The lowest BCUT2D eigenvalue weighted by molar-refractivity contribution is -0.131. The molecule has 2 heterocycles. The van der Waals surface area contributed by atoms with Crippen LogP contribution in [0.25, 0.3) is 0 Å². The van der Waals surface area contributed by atoms with Gasteiger partial charge in [0.2, 0.25) is 11.8 Å². The molecule has 1 atom stereocenters. The van der Waals surface area contributed by atoms with Gasteiger partial charge in [0.25, 0.3) is 0 Å². The molecule has 26 heavy (non-hydrogen) atoms. The lowest BCUT2D eigenvalue weighted by Gasteiger charge is -2.20. The zero-order valence-electron chi connectivity index (χ0n) is 14.7. The van der Waals surface area contributed by atoms with Crippen molar-refractivity contribution >= 4 is 28.8 Å². The van der Waals surface area contributed by atoms with Crippen molar-refractivity contribution in [3.63, 3.8) is 0 Å². The first-order valence-electron chi connectivity index (χ1n) is 9.02. The van der Waals surface area contributed by atoms with E-state index in [2.05, 4.69) is 5.32 Å². The Balaban J connectivity index is 1.50. The van der Waals surface area contributed by atoms with Crippen molar-refractivity contribution in [1.82, 2.24) is 4.90 Å². The molecule has 3 rings (SSSR count). The molecule has 6 heteroatoms. The number of carbonyl (C=O) groups excluding carboxylic acids is 2. The average molecular weight is 372 g/mol. The second kappa shape index (κ2) is 8.96. The van der Waals surface area contributed by atoms with E-state index in [1.165, 1.54) is 11.3 Å². The van der Waals surface area contributed by atoms with Gasteiger partial charge in [0, 0.05) is 36.5 Å². The summed E-state index contributed by atoms with van der Waals surface area (Å²) >= 11 is 1.51. The summed E-state index contributed by atoms with van der Waals surface area (Å²) in [6, 6.07) is 11.0. The minimum absolute atomic E-state index is 0.103. The Kier molecular flexibility index (Phi) is 6.41. The maximum absolute atomic E-state index is 12.2. The van der Waals surface area contributed by atoms with Gasteiger partial charge in [-0.3, -0.25) is 9.59 Å². The third-order valence-corrected chi connectivity index (χ3v) is 5.53. The topological polar surface area (TPSA) is 69.6 Å². The highest BCUT2D eigenvalue weighted by atomic mass is 32.1. The number of carbonyl (C=O) groups is 2. The van der Waals surface area contributed by atoms with Gasteiger partial charge in [0.05, 0.1) is 0 Å². The maximum Gasteiger partial charge on any atom is 0.226 e. The molecule has 1 saturated heterocycles. The molecule has 1 aliphatic rings. The van der Waals surface area contributed by atoms with E-state index in [-0.39, 0.29) is 11.8 Å². The van der Waals surface area contributed by atoms with Gasteiger partial charge in [-0.2, -0.15) is 0 Å². The third kappa shape index (κ3) is 4.93. The van der Waals surface area contributed by atoms with Gasteiger partial charge in [0.15, 0.2) is 0 Å². The summed E-state index contributed by atoms with van der Waals surface area (Å²) in [5, 5.41) is 15.1. The van der Waals surface area contributed by atoms with E-state index in [0.717, 1.165) is 36.2 Å². The van der Waals surface area contributed by atoms with E-state index in [9.17, 15) is 14.7 Å². The van der Waals surface area contributed by atoms with E-state index in [4.69, 9.17) is 0 Å². The zero-order valence-corrected chi connectivity index (χ0v) is 15.5. The molecule has 138 valence electrons. The van der Waals surface area contributed by atoms with Crippen LogP contribution in [0, 0.1) is 0 Å². The zero-order chi connectivity index (χ0) is 18.4. The average Bonchev–Trinajstić information content (AvgIpc) is 3.10. The number of likely N-dealkylation sites (tertiary alicyclic amines) is 1. The van der Waals surface area contributed by atoms with E-state index in [1.54, 1.807) is 17.0 Å². The number of hydrogen-bond acceptors (Lipinski definition) is 4. The van der Waals surface area contributed by atoms with E-state index in [1.807, 2.05) is 29.6 Å². The van der Waals surface area contributed by atoms with Gasteiger partial charge in [0.1, 0.15) is 6.10 Å². The first-order chi connectivity index (χ1) is 12.6. The molecule has 2 N–H and O–H groups in total. The minimum atomic E-state index is -0.645. The Bertz CT molecular complexity index is 728. The van der Waals surface area contributed by atoms with Crippen molar-refractivity contribution in [2.45, 2.75) is 38.2 Å². The minimum Gasteiger partial charge on any atom is -0.383 e. The van der Waals surface area contributed by atoms with Crippen molar-refractivity contribution < 1.29 is 14.7 Å². The van der Waals surface area contributed by atoms with E-state index >= 15 is 0 Å². The molecule has 0 radical (unpaired) electrons. The van der Waals surface area contributed by atoms with Gasteiger partial charge >= 0.3 is 0 Å². The maximum atomic E-state index is 12.2. The fourth-order valence-corrected chi connectivity index (χ4v) is 3.83. The highest BCUT2D eigenvalue weighted by Crippen LogP contribution is 2.26. The monoisotopic (exact) mass is 372 g/mol. The Hall–Kier alpha value is -2.18. The number of amides is 2. The van der Waals surface area contributed by atoms with Crippen LogP contribution in [0.1, 0.15) is 48.6 Å². The van der Waals surface area contributed by atoms with E-state index in [0.29, 0.717) is 25.1 Å². The summed E-state index contributed by atoms with van der Waals surface area (Å²) in [6.45, 7) is 1.22. The normalized spacial score (nSPS) is 16.2. The summed E-state index contributed by atoms with van der Waals surface area (Å²) in [5.41, 5.74) is 1.49. The van der Waals surface area contributed by atoms with Gasteiger partial charge in [-0.1, -0.05) is 24.6 Å². The fraction of sp³-hybridized carbons (Fsp3) is 0.400. The molecular weight excluding hydrogens is 348 g/mol. The van der Waals surface area contributed by atoms with Crippen LogP contribution in [-0.4, -0.2) is 34.9 Å². The number of rotatable bonds is 6. The predicted molar refractivity (Wildman–Crippen MR) is 103 cm³/mol. The Labute approximate surface area is 157 Å². The summed E-state index contributed by atoms with van der Waals surface area (Å²) < 4.78 is 0. The SMILES string of the molecule is O=C(CCN1CCCCCC1=O)Nc1ccc(C(O)c2cccs2)cc1. The molecule has 0 bridgehead atoms. The van der Waals surface area contributed by atoms with Crippen LogP contribution < -0.4 is 5.32 Å². The number of anilines is 1.